The number of carbonyl (C=O) groups excluding carboxylic acids is 2. The van der Waals surface area contributed by atoms with E-state index in [-0.39, 0.29) is 18.4 Å². The van der Waals surface area contributed by atoms with Crippen LogP contribution in [0, 0.1) is 6.92 Å². The molecular weight excluding hydrogens is 256 g/mol. The highest BCUT2D eigenvalue weighted by Crippen LogP contribution is 2.16. The predicted octanol–water partition coefficient (Wildman–Crippen LogP) is 2.48. The quantitative estimate of drug-likeness (QED) is 0.724. The van der Waals surface area contributed by atoms with Gasteiger partial charge < -0.3 is 15.7 Å². The monoisotopic (exact) mass is 278 g/mol. The van der Waals surface area contributed by atoms with Gasteiger partial charge in [0.1, 0.15) is 0 Å². The van der Waals surface area contributed by atoms with Gasteiger partial charge in [-0.15, -0.1) is 0 Å². The number of hydrogen-bond acceptors (Lipinski definition) is 3. The summed E-state index contributed by atoms with van der Waals surface area (Å²) in [5, 5.41) is 14.4. The summed E-state index contributed by atoms with van der Waals surface area (Å²) in [6.45, 7) is 7.04. The molecule has 20 heavy (non-hydrogen) atoms. The Balaban J connectivity index is 2.72. The lowest BCUT2D eigenvalue weighted by molar-refractivity contribution is 0.101. The molecule has 0 fully saturated rings. The van der Waals surface area contributed by atoms with Crippen LogP contribution in [-0.4, -0.2) is 29.1 Å². The number of carbonyl (C=O) groups is 2. The molecule has 5 heteroatoms. The Bertz CT molecular complexity index is 510. The molecule has 1 aromatic carbocycles. The van der Waals surface area contributed by atoms with Crippen molar-refractivity contribution in [3.8, 4) is 0 Å². The van der Waals surface area contributed by atoms with Gasteiger partial charge in [-0.3, -0.25) is 4.79 Å². The summed E-state index contributed by atoms with van der Waals surface area (Å²) in [4.78, 5) is 23.2. The Kier molecular flexibility index (Phi) is 5.27. The molecule has 0 aliphatic heterocycles. The lowest BCUT2D eigenvalue weighted by Crippen LogP contribution is -2.46. The van der Waals surface area contributed by atoms with E-state index in [2.05, 4.69) is 10.6 Å². The van der Waals surface area contributed by atoms with E-state index in [1.807, 2.05) is 20.8 Å². The Morgan fingerprint density at radius 3 is 2.45 bits per heavy atom. The second-order valence-electron chi connectivity index (χ2n) is 5.52. The van der Waals surface area contributed by atoms with E-state index >= 15 is 0 Å². The number of ketones is 1. The molecule has 0 atom stereocenters. The first-order chi connectivity index (χ1) is 9.25. The number of benzene rings is 1. The van der Waals surface area contributed by atoms with E-state index in [1.165, 1.54) is 6.92 Å². The second-order valence-corrected chi connectivity index (χ2v) is 5.52. The van der Waals surface area contributed by atoms with Crippen molar-refractivity contribution in [2.24, 2.45) is 0 Å². The molecule has 0 unspecified atom stereocenters. The first-order valence-electron chi connectivity index (χ1n) is 6.57. The molecule has 0 aliphatic carbocycles. The van der Waals surface area contributed by atoms with E-state index in [9.17, 15) is 9.59 Å². The van der Waals surface area contributed by atoms with Crippen LogP contribution in [0.4, 0.5) is 10.5 Å². The van der Waals surface area contributed by atoms with Crippen LogP contribution in [0.25, 0.3) is 0 Å². The Morgan fingerprint density at radius 1 is 1.30 bits per heavy atom. The highest BCUT2D eigenvalue weighted by molar-refractivity contribution is 5.97. The van der Waals surface area contributed by atoms with Gasteiger partial charge in [0.2, 0.25) is 0 Å². The van der Waals surface area contributed by atoms with Crippen molar-refractivity contribution >= 4 is 17.5 Å². The number of aliphatic hydroxyl groups excluding tert-OH is 1. The van der Waals surface area contributed by atoms with Crippen LogP contribution in [0.15, 0.2) is 18.2 Å². The average Bonchev–Trinajstić information content (AvgIpc) is 2.26. The van der Waals surface area contributed by atoms with Gasteiger partial charge in [0.25, 0.3) is 0 Å². The van der Waals surface area contributed by atoms with E-state index < -0.39 is 5.54 Å². The third-order valence-electron chi connectivity index (χ3n) is 3.05. The maximum atomic E-state index is 11.9. The summed E-state index contributed by atoms with van der Waals surface area (Å²) in [5.41, 5.74) is 1.62. The third-order valence-corrected chi connectivity index (χ3v) is 3.05. The Hall–Kier alpha value is -1.88. The van der Waals surface area contributed by atoms with Crippen molar-refractivity contribution in [3.05, 3.63) is 29.3 Å². The van der Waals surface area contributed by atoms with Crippen LogP contribution in [0.2, 0.25) is 0 Å². The van der Waals surface area contributed by atoms with Gasteiger partial charge in [0.15, 0.2) is 5.78 Å². The lowest BCUT2D eigenvalue weighted by atomic mass is 10.0. The van der Waals surface area contributed by atoms with Gasteiger partial charge in [-0.25, -0.2) is 4.79 Å². The van der Waals surface area contributed by atoms with Crippen LogP contribution in [0.5, 0.6) is 0 Å². The summed E-state index contributed by atoms with van der Waals surface area (Å²) >= 11 is 0. The zero-order valence-corrected chi connectivity index (χ0v) is 12.4. The van der Waals surface area contributed by atoms with Gasteiger partial charge >= 0.3 is 6.03 Å². The third kappa shape index (κ3) is 4.66. The van der Waals surface area contributed by atoms with Crippen LogP contribution in [-0.2, 0) is 0 Å². The summed E-state index contributed by atoms with van der Waals surface area (Å²) in [6.07, 6.45) is 0.475. The molecule has 0 spiro atoms. The standard InChI is InChI=1S/C15H22N2O3/c1-10-9-12(5-6-13(10)11(2)19)16-14(20)17-15(3,4)7-8-18/h5-6,9,18H,7-8H2,1-4H3,(H2,16,17,20). The maximum absolute atomic E-state index is 11.9. The zero-order valence-electron chi connectivity index (χ0n) is 12.4. The number of aliphatic hydroxyl groups is 1. The first kappa shape index (κ1) is 16.2. The van der Waals surface area contributed by atoms with Crippen molar-refractivity contribution < 1.29 is 14.7 Å². The fourth-order valence-corrected chi connectivity index (χ4v) is 1.95. The molecule has 110 valence electrons. The van der Waals surface area contributed by atoms with Crippen LogP contribution in [0.1, 0.15) is 43.1 Å². The van der Waals surface area contributed by atoms with E-state index in [0.29, 0.717) is 17.7 Å². The van der Waals surface area contributed by atoms with Gasteiger partial charge in [-0.05, 0) is 57.9 Å². The van der Waals surface area contributed by atoms with Gasteiger partial charge in [-0.2, -0.15) is 0 Å². The van der Waals surface area contributed by atoms with Crippen molar-refractivity contribution in [1.82, 2.24) is 5.32 Å². The lowest BCUT2D eigenvalue weighted by Gasteiger charge is -2.25. The minimum atomic E-state index is -0.479. The minimum absolute atomic E-state index is 0.00239. The minimum Gasteiger partial charge on any atom is -0.396 e. The molecule has 0 saturated carbocycles. The first-order valence-corrected chi connectivity index (χ1v) is 6.57. The van der Waals surface area contributed by atoms with E-state index in [4.69, 9.17) is 5.11 Å². The van der Waals surface area contributed by atoms with Crippen LogP contribution >= 0.6 is 0 Å². The van der Waals surface area contributed by atoms with Crippen LogP contribution in [0.3, 0.4) is 0 Å². The fraction of sp³-hybridized carbons (Fsp3) is 0.467. The molecule has 5 nitrogen and oxygen atoms in total. The number of urea groups is 1. The number of Topliss-reactive ketones (excluding diaryl/α,β-unsaturated/α-hetero) is 1. The van der Waals surface area contributed by atoms with Crippen molar-refractivity contribution in [3.63, 3.8) is 0 Å². The van der Waals surface area contributed by atoms with Gasteiger partial charge in [0.05, 0.1) is 0 Å². The van der Waals surface area contributed by atoms with Crippen LogP contribution < -0.4 is 10.6 Å². The van der Waals surface area contributed by atoms with Gasteiger partial charge in [-0.1, -0.05) is 0 Å². The van der Waals surface area contributed by atoms with Crippen molar-refractivity contribution in [2.45, 2.75) is 39.7 Å². The molecule has 0 aliphatic rings. The number of aryl methyl sites for hydroxylation is 1. The number of hydrogen-bond donors (Lipinski definition) is 3. The topological polar surface area (TPSA) is 78.4 Å². The van der Waals surface area contributed by atoms with E-state index in [1.54, 1.807) is 18.2 Å². The molecule has 2 amide bonds. The second kappa shape index (κ2) is 6.52. The molecule has 1 aromatic rings. The smallest absolute Gasteiger partial charge is 0.319 e. The summed E-state index contributed by atoms with van der Waals surface area (Å²) < 4.78 is 0. The largest absolute Gasteiger partial charge is 0.396 e. The Labute approximate surface area is 119 Å². The zero-order chi connectivity index (χ0) is 15.3. The summed E-state index contributed by atoms with van der Waals surface area (Å²) in [6, 6.07) is 4.82. The highest BCUT2D eigenvalue weighted by Gasteiger charge is 2.19. The molecule has 0 aromatic heterocycles. The highest BCUT2D eigenvalue weighted by atomic mass is 16.3. The number of nitrogens with one attached hydrogen (secondary N) is 2. The normalized spacial score (nSPS) is 11.1. The Morgan fingerprint density at radius 2 is 1.95 bits per heavy atom. The number of anilines is 1. The molecule has 0 heterocycles. The molecule has 3 N–H and O–H groups in total. The predicted molar refractivity (Wildman–Crippen MR) is 79.1 cm³/mol. The summed E-state index contributed by atoms with van der Waals surface area (Å²) in [5.74, 6) is 0.00239. The van der Waals surface area contributed by atoms with Gasteiger partial charge in [0, 0.05) is 23.4 Å². The maximum Gasteiger partial charge on any atom is 0.319 e. The molecular formula is C15H22N2O3. The van der Waals surface area contributed by atoms with Crippen molar-refractivity contribution in [2.75, 3.05) is 11.9 Å². The molecule has 0 saturated heterocycles. The van der Waals surface area contributed by atoms with E-state index in [0.717, 1.165) is 5.56 Å². The summed E-state index contributed by atoms with van der Waals surface area (Å²) in [7, 11) is 0. The molecule has 0 bridgehead atoms. The average molecular weight is 278 g/mol. The fourth-order valence-electron chi connectivity index (χ4n) is 1.95. The SMILES string of the molecule is CC(=O)c1ccc(NC(=O)NC(C)(C)CCO)cc1C. The number of rotatable bonds is 5. The molecule has 1 rings (SSSR count). The van der Waals surface area contributed by atoms with Crippen molar-refractivity contribution in [1.29, 1.82) is 0 Å². The molecule has 0 radical (unpaired) electrons. The number of amides is 2.